The minimum absolute atomic E-state index is 0.0887. The predicted molar refractivity (Wildman–Crippen MR) is 106 cm³/mol. The topological polar surface area (TPSA) is 78.8 Å². The molecule has 4 saturated heterocycles. The normalized spacial score (nSPS) is 40.0. The number of carbonyl (C=O) groups is 1. The molecule has 6 rings (SSSR count). The number of ether oxygens (including phenoxy) is 1. The van der Waals surface area contributed by atoms with Crippen molar-refractivity contribution in [3.05, 3.63) is 18.5 Å². The molecule has 1 N–H and O–H groups in total. The van der Waals surface area contributed by atoms with Crippen LogP contribution >= 0.6 is 0 Å². The lowest BCUT2D eigenvalue weighted by molar-refractivity contribution is -0.149. The Hall–Kier alpha value is -1.73. The Labute approximate surface area is 171 Å². The third-order valence-corrected chi connectivity index (χ3v) is 8.57. The zero-order valence-corrected chi connectivity index (χ0v) is 16.8. The fourth-order valence-corrected chi connectivity index (χ4v) is 6.67. The van der Waals surface area contributed by atoms with Crippen molar-refractivity contribution in [1.82, 2.24) is 14.9 Å². The van der Waals surface area contributed by atoms with Crippen molar-refractivity contribution < 1.29 is 14.6 Å². The minimum atomic E-state index is -0.512. The molecule has 0 aromatic carbocycles. The van der Waals surface area contributed by atoms with E-state index in [0.717, 1.165) is 39.0 Å². The van der Waals surface area contributed by atoms with Gasteiger partial charge in [0.15, 0.2) is 0 Å². The molecule has 5 heterocycles. The zero-order chi connectivity index (χ0) is 19.6. The molecule has 6 atom stereocenters. The van der Waals surface area contributed by atoms with Crippen molar-refractivity contribution in [1.29, 1.82) is 0 Å². The molecule has 4 aliphatic heterocycles. The van der Waals surface area contributed by atoms with Gasteiger partial charge in [0.2, 0.25) is 11.9 Å². The summed E-state index contributed by atoms with van der Waals surface area (Å²) in [5.41, 5.74) is 0.543. The standard InChI is InChI=1S/C22H30N4O3/c27-18-15-12-26(21-23-7-2-8-24-21)13-16(15)19-14(11-17(18)29-19)20(28)25-9-5-22(6-10-25)3-1-4-22/h2,7-8,14-19,27H,1,3-6,9-13H2/t14?,15-,16+,17+,18+,19-/m1/s1. The van der Waals surface area contributed by atoms with Crippen LogP contribution in [0.3, 0.4) is 0 Å². The van der Waals surface area contributed by atoms with Crippen molar-refractivity contribution in [3.63, 3.8) is 0 Å². The molecule has 1 aliphatic carbocycles. The van der Waals surface area contributed by atoms with Crippen LogP contribution in [0.4, 0.5) is 5.95 Å². The summed E-state index contributed by atoms with van der Waals surface area (Å²) in [6, 6.07) is 1.81. The first-order valence-electron chi connectivity index (χ1n) is 11.3. The summed E-state index contributed by atoms with van der Waals surface area (Å²) >= 11 is 0. The molecule has 2 bridgehead atoms. The van der Waals surface area contributed by atoms with Gasteiger partial charge in [0.05, 0.1) is 24.2 Å². The number of piperidine rings is 1. The van der Waals surface area contributed by atoms with Gasteiger partial charge in [-0.25, -0.2) is 9.97 Å². The van der Waals surface area contributed by atoms with E-state index < -0.39 is 6.10 Å². The summed E-state index contributed by atoms with van der Waals surface area (Å²) < 4.78 is 6.24. The average molecular weight is 399 g/mol. The molecule has 1 aromatic rings. The van der Waals surface area contributed by atoms with Gasteiger partial charge in [0.1, 0.15) is 0 Å². The van der Waals surface area contributed by atoms with Crippen molar-refractivity contribution in [2.75, 3.05) is 31.1 Å². The highest BCUT2D eigenvalue weighted by Gasteiger charge is 2.58. The van der Waals surface area contributed by atoms with E-state index in [1.165, 1.54) is 19.3 Å². The van der Waals surface area contributed by atoms with Crippen LogP contribution in [0.2, 0.25) is 0 Å². The van der Waals surface area contributed by atoms with Gasteiger partial charge in [-0.1, -0.05) is 6.42 Å². The summed E-state index contributed by atoms with van der Waals surface area (Å²) in [5.74, 6) is 1.13. The quantitative estimate of drug-likeness (QED) is 0.813. The number of aromatic nitrogens is 2. The Balaban J connectivity index is 1.18. The minimum Gasteiger partial charge on any atom is -0.390 e. The van der Waals surface area contributed by atoms with Crippen LogP contribution in [0.15, 0.2) is 18.5 Å². The summed E-state index contributed by atoms with van der Waals surface area (Å²) in [5, 5.41) is 10.9. The van der Waals surface area contributed by atoms with Crippen molar-refractivity contribution in [2.24, 2.45) is 23.2 Å². The number of aliphatic hydroxyl groups is 1. The van der Waals surface area contributed by atoms with Gasteiger partial charge in [-0.05, 0) is 43.6 Å². The number of likely N-dealkylation sites (tertiary alicyclic amines) is 1. The highest BCUT2D eigenvalue weighted by Crippen LogP contribution is 2.50. The first kappa shape index (κ1) is 18.1. The van der Waals surface area contributed by atoms with Crippen LogP contribution < -0.4 is 4.90 Å². The Kier molecular flexibility index (Phi) is 4.14. The molecule has 0 radical (unpaired) electrons. The first-order chi connectivity index (χ1) is 14.1. The average Bonchev–Trinajstić information content (AvgIpc) is 3.35. The van der Waals surface area contributed by atoms with Gasteiger partial charge in [0.25, 0.3) is 0 Å². The monoisotopic (exact) mass is 398 g/mol. The molecule has 7 nitrogen and oxygen atoms in total. The van der Waals surface area contributed by atoms with Crippen LogP contribution in [0, 0.1) is 23.2 Å². The lowest BCUT2D eigenvalue weighted by atomic mass is 9.63. The fraction of sp³-hybridized carbons (Fsp3) is 0.773. The lowest BCUT2D eigenvalue weighted by Gasteiger charge is -2.48. The number of anilines is 1. The molecule has 1 unspecified atom stereocenters. The van der Waals surface area contributed by atoms with E-state index in [2.05, 4.69) is 19.8 Å². The molecule has 29 heavy (non-hydrogen) atoms. The van der Waals surface area contributed by atoms with Crippen LogP contribution in [0.25, 0.3) is 0 Å². The second kappa shape index (κ2) is 6.64. The Morgan fingerprint density at radius 1 is 1.10 bits per heavy atom. The van der Waals surface area contributed by atoms with E-state index in [1.54, 1.807) is 12.4 Å². The number of amides is 1. The van der Waals surface area contributed by atoms with Gasteiger partial charge in [-0.3, -0.25) is 4.79 Å². The van der Waals surface area contributed by atoms with E-state index in [0.29, 0.717) is 17.8 Å². The van der Waals surface area contributed by atoms with Gasteiger partial charge < -0.3 is 19.6 Å². The lowest BCUT2D eigenvalue weighted by Crippen LogP contribution is -2.50. The smallest absolute Gasteiger partial charge is 0.228 e. The SMILES string of the molecule is O=C(C1C[C@@H]2O[C@H]1[C@H]1CN(c3ncccn3)C[C@H]1[C@@H]2O)N1CCC2(CCC2)CC1. The van der Waals surface area contributed by atoms with E-state index in [-0.39, 0.29) is 35.9 Å². The summed E-state index contributed by atoms with van der Waals surface area (Å²) in [4.78, 5) is 26.4. The Bertz CT molecular complexity index is 776. The molecule has 1 amide bonds. The third kappa shape index (κ3) is 2.81. The number of carbonyl (C=O) groups excluding carboxylic acids is 1. The van der Waals surface area contributed by atoms with E-state index in [1.807, 2.05) is 6.07 Å². The van der Waals surface area contributed by atoms with E-state index >= 15 is 0 Å². The maximum absolute atomic E-state index is 13.4. The molecule has 7 heteroatoms. The molecule has 5 fully saturated rings. The number of aliphatic hydroxyl groups excluding tert-OH is 1. The highest BCUT2D eigenvalue weighted by atomic mass is 16.5. The highest BCUT2D eigenvalue weighted by molar-refractivity contribution is 5.80. The van der Waals surface area contributed by atoms with E-state index in [9.17, 15) is 9.90 Å². The van der Waals surface area contributed by atoms with Gasteiger partial charge in [-0.2, -0.15) is 0 Å². The Morgan fingerprint density at radius 2 is 1.83 bits per heavy atom. The summed E-state index contributed by atoms with van der Waals surface area (Å²) in [6.07, 6.45) is 9.73. The number of rotatable bonds is 2. The largest absolute Gasteiger partial charge is 0.390 e. The number of fused-ring (bicyclic) bond motifs is 4. The summed E-state index contributed by atoms with van der Waals surface area (Å²) in [6.45, 7) is 3.27. The van der Waals surface area contributed by atoms with Crippen molar-refractivity contribution >= 4 is 11.9 Å². The molecule has 1 aromatic heterocycles. The molecule has 5 aliphatic rings. The van der Waals surface area contributed by atoms with Crippen molar-refractivity contribution in [3.8, 4) is 0 Å². The molecule has 1 saturated carbocycles. The first-order valence-corrected chi connectivity index (χ1v) is 11.3. The maximum Gasteiger partial charge on any atom is 0.228 e. The predicted octanol–water partition coefficient (Wildman–Crippen LogP) is 1.47. The van der Waals surface area contributed by atoms with E-state index in [4.69, 9.17) is 4.74 Å². The van der Waals surface area contributed by atoms with Gasteiger partial charge >= 0.3 is 0 Å². The van der Waals surface area contributed by atoms with Crippen molar-refractivity contribution in [2.45, 2.75) is 56.8 Å². The molecular formula is C22H30N4O3. The molecule has 156 valence electrons. The van der Waals surface area contributed by atoms with Crippen LogP contribution in [-0.4, -0.2) is 70.4 Å². The second-order valence-corrected chi connectivity index (χ2v) is 9.93. The van der Waals surface area contributed by atoms with Crippen LogP contribution in [0.5, 0.6) is 0 Å². The van der Waals surface area contributed by atoms with Crippen LogP contribution in [-0.2, 0) is 9.53 Å². The third-order valence-electron chi connectivity index (χ3n) is 8.57. The van der Waals surface area contributed by atoms with Gasteiger partial charge in [0, 0.05) is 50.4 Å². The second-order valence-electron chi connectivity index (χ2n) is 9.93. The van der Waals surface area contributed by atoms with Gasteiger partial charge in [-0.15, -0.1) is 0 Å². The molecule has 1 spiro atoms. The maximum atomic E-state index is 13.4. The number of hydrogen-bond donors (Lipinski definition) is 1. The van der Waals surface area contributed by atoms with Crippen LogP contribution in [0.1, 0.15) is 38.5 Å². The molecular weight excluding hydrogens is 368 g/mol. The number of hydrogen-bond acceptors (Lipinski definition) is 6. The fourth-order valence-electron chi connectivity index (χ4n) is 6.67. The number of nitrogens with zero attached hydrogens (tertiary/aromatic N) is 4. The Morgan fingerprint density at radius 3 is 2.52 bits per heavy atom. The zero-order valence-electron chi connectivity index (χ0n) is 16.8. The summed E-state index contributed by atoms with van der Waals surface area (Å²) in [7, 11) is 0.